The maximum absolute atomic E-state index is 11.9. The van der Waals surface area contributed by atoms with E-state index in [1.54, 1.807) is 36.4 Å². The van der Waals surface area contributed by atoms with Crippen LogP contribution in [0, 0.1) is 11.3 Å². The molecule has 0 fully saturated rings. The Bertz CT molecular complexity index is 645. The Morgan fingerprint density at radius 3 is 2.79 bits per heavy atom. The van der Waals surface area contributed by atoms with Crippen molar-refractivity contribution in [1.29, 1.82) is 5.26 Å². The molecule has 2 aromatic rings. The smallest absolute Gasteiger partial charge is 0.237 e. The quantitative estimate of drug-likeness (QED) is 0.939. The van der Waals surface area contributed by atoms with Gasteiger partial charge >= 0.3 is 0 Å². The van der Waals surface area contributed by atoms with Crippen LogP contribution in [0.15, 0.2) is 46.0 Å². The number of benzene rings is 1. The number of hydrogen-bond acceptors (Lipinski definition) is 4. The Morgan fingerprint density at radius 2 is 2.11 bits per heavy atom. The maximum Gasteiger partial charge on any atom is 0.237 e. The van der Waals surface area contributed by atoms with Gasteiger partial charge in [-0.05, 0) is 23.6 Å². The molecule has 19 heavy (non-hydrogen) atoms. The second-order valence-electron chi connectivity index (χ2n) is 3.63. The molecule has 0 radical (unpaired) electrons. The summed E-state index contributed by atoms with van der Waals surface area (Å²) in [5.74, 6) is -0.477. The van der Waals surface area contributed by atoms with E-state index >= 15 is 0 Å². The fraction of sp³-hybridized carbons (Fsp3) is 0.0769. The zero-order valence-corrected chi connectivity index (χ0v) is 11.5. The average Bonchev–Trinajstić information content (AvgIpc) is 2.93. The van der Waals surface area contributed by atoms with E-state index in [1.807, 2.05) is 11.4 Å². The second kappa shape index (κ2) is 6.27. The number of rotatable bonds is 4. The molecule has 1 unspecified atom stereocenters. The van der Waals surface area contributed by atoms with Gasteiger partial charge in [0.15, 0.2) is 0 Å². The maximum atomic E-state index is 11.9. The van der Waals surface area contributed by atoms with Crippen molar-refractivity contribution >= 4 is 33.7 Å². The average molecular weight is 290 g/mol. The number of nitrogens with one attached hydrogen (secondary N) is 1. The van der Waals surface area contributed by atoms with Crippen molar-refractivity contribution in [3.8, 4) is 6.07 Å². The molecule has 0 saturated carbocycles. The zero-order chi connectivity index (χ0) is 13.7. The SMILES string of the molecule is N#Cc1ccccc1NC(=O)CS(=O)c1cccs1. The predicted molar refractivity (Wildman–Crippen MR) is 75.4 cm³/mol. The largest absolute Gasteiger partial charge is 0.324 e. The first-order chi connectivity index (χ1) is 9.20. The van der Waals surface area contributed by atoms with Gasteiger partial charge in [-0.3, -0.25) is 9.00 Å². The van der Waals surface area contributed by atoms with E-state index in [1.165, 1.54) is 11.3 Å². The van der Waals surface area contributed by atoms with Gasteiger partial charge in [-0.15, -0.1) is 11.3 Å². The van der Waals surface area contributed by atoms with E-state index in [0.29, 0.717) is 15.5 Å². The van der Waals surface area contributed by atoms with Crippen molar-refractivity contribution in [2.45, 2.75) is 4.21 Å². The number of para-hydroxylation sites is 1. The monoisotopic (exact) mass is 290 g/mol. The standard InChI is InChI=1S/C13H10N2O2S2/c14-8-10-4-1-2-5-11(10)15-12(16)9-19(17)13-6-3-7-18-13/h1-7H,9H2,(H,15,16). The number of thiophene rings is 1. The lowest BCUT2D eigenvalue weighted by Crippen LogP contribution is -2.19. The molecule has 0 saturated heterocycles. The summed E-state index contributed by atoms with van der Waals surface area (Å²) in [6.07, 6.45) is 0. The lowest BCUT2D eigenvalue weighted by molar-refractivity contribution is -0.113. The predicted octanol–water partition coefficient (Wildman–Crippen LogP) is 2.37. The highest BCUT2D eigenvalue weighted by molar-refractivity contribution is 7.88. The van der Waals surface area contributed by atoms with Gasteiger partial charge in [-0.2, -0.15) is 5.26 Å². The van der Waals surface area contributed by atoms with Crippen LogP contribution in [-0.2, 0) is 15.6 Å². The fourth-order valence-corrected chi connectivity index (χ4v) is 3.36. The zero-order valence-electron chi connectivity index (χ0n) is 9.83. The second-order valence-corrected chi connectivity index (χ2v) is 6.25. The number of anilines is 1. The molecule has 1 N–H and O–H groups in total. The van der Waals surface area contributed by atoms with Crippen LogP contribution >= 0.6 is 11.3 Å². The molecule has 1 aromatic carbocycles. The molecule has 0 aliphatic rings. The summed E-state index contributed by atoms with van der Waals surface area (Å²) in [6, 6.07) is 12.2. The Labute approximate surface area is 117 Å². The van der Waals surface area contributed by atoms with Crippen molar-refractivity contribution in [1.82, 2.24) is 0 Å². The van der Waals surface area contributed by atoms with Crippen LogP contribution in [-0.4, -0.2) is 15.9 Å². The summed E-state index contributed by atoms with van der Waals surface area (Å²) in [5.41, 5.74) is 0.830. The van der Waals surface area contributed by atoms with Crippen LogP contribution in [0.2, 0.25) is 0 Å². The first-order valence-electron chi connectivity index (χ1n) is 5.41. The minimum atomic E-state index is -1.34. The van der Waals surface area contributed by atoms with E-state index in [9.17, 15) is 9.00 Å². The topological polar surface area (TPSA) is 70.0 Å². The highest BCUT2D eigenvalue weighted by Gasteiger charge is 2.12. The minimum absolute atomic E-state index is 0.111. The Morgan fingerprint density at radius 1 is 1.32 bits per heavy atom. The van der Waals surface area contributed by atoms with Gasteiger partial charge in [0.05, 0.1) is 26.3 Å². The molecule has 1 heterocycles. The molecule has 0 bridgehead atoms. The summed E-state index contributed by atoms with van der Waals surface area (Å²) in [7, 11) is -1.34. The summed E-state index contributed by atoms with van der Waals surface area (Å²) in [6.45, 7) is 0. The Balaban J connectivity index is 2.02. The summed E-state index contributed by atoms with van der Waals surface area (Å²) >= 11 is 1.35. The number of hydrogen-bond donors (Lipinski definition) is 1. The first kappa shape index (κ1) is 13.5. The Hall–Kier alpha value is -1.97. The van der Waals surface area contributed by atoms with Crippen molar-refractivity contribution in [3.63, 3.8) is 0 Å². The third-order valence-electron chi connectivity index (χ3n) is 2.30. The van der Waals surface area contributed by atoms with E-state index in [-0.39, 0.29) is 11.7 Å². The number of carbonyl (C=O) groups excluding carboxylic acids is 1. The minimum Gasteiger partial charge on any atom is -0.324 e. The molecule has 6 heteroatoms. The third-order valence-corrected chi connectivity index (χ3v) is 4.92. The normalized spacial score (nSPS) is 11.5. The van der Waals surface area contributed by atoms with Gasteiger partial charge in [0, 0.05) is 0 Å². The van der Waals surface area contributed by atoms with Gasteiger partial charge in [-0.1, -0.05) is 18.2 Å². The first-order valence-corrected chi connectivity index (χ1v) is 7.61. The highest BCUT2D eigenvalue weighted by atomic mass is 32.2. The van der Waals surface area contributed by atoms with Gasteiger partial charge in [0.2, 0.25) is 5.91 Å². The molecule has 1 aromatic heterocycles. The summed E-state index contributed by atoms with van der Waals surface area (Å²) in [4.78, 5) is 11.8. The lowest BCUT2D eigenvalue weighted by Gasteiger charge is -2.05. The summed E-state index contributed by atoms with van der Waals surface area (Å²) < 4.78 is 12.5. The van der Waals surface area contributed by atoms with Gasteiger partial charge in [-0.25, -0.2) is 0 Å². The van der Waals surface area contributed by atoms with Crippen LogP contribution in [0.4, 0.5) is 5.69 Å². The van der Waals surface area contributed by atoms with Crippen molar-refractivity contribution < 1.29 is 9.00 Å². The van der Waals surface area contributed by atoms with Crippen LogP contribution in [0.25, 0.3) is 0 Å². The van der Waals surface area contributed by atoms with Crippen LogP contribution in [0.5, 0.6) is 0 Å². The molecular weight excluding hydrogens is 280 g/mol. The molecule has 0 aliphatic heterocycles. The van der Waals surface area contributed by atoms with E-state index in [2.05, 4.69) is 5.32 Å². The van der Waals surface area contributed by atoms with Crippen molar-refractivity contribution in [2.24, 2.45) is 0 Å². The molecule has 0 spiro atoms. The number of nitrogens with zero attached hydrogens (tertiary/aromatic N) is 1. The molecule has 96 valence electrons. The van der Waals surface area contributed by atoms with Crippen LogP contribution in [0.3, 0.4) is 0 Å². The highest BCUT2D eigenvalue weighted by Crippen LogP contribution is 2.16. The molecule has 2 rings (SSSR count). The van der Waals surface area contributed by atoms with E-state index in [4.69, 9.17) is 5.26 Å². The third kappa shape index (κ3) is 3.50. The fourth-order valence-electron chi connectivity index (χ4n) is 1.46. The lowest BCUT2D eigenvalue weighted by atomic mass is 10.2. The van der Waals surface area contributed by atoms with Gasteiger partial charge < -0.3 is 5.32 Å². The number of amides is 1. The van der Waals surface area contributed by atoms with Crippen LogP contribution < -0.4 is 5.32 Å². The number of nitriles is 1. The molecule has 1 atom stereocenters. The molecule has 4 nitrogen and oxygen atoms in total. The molecule has 1 amide bonds. The van der Waals surface area contributed by atoms with Crippen LogP contribution in [0.1, 0.15) is 5.56 Å². The van der Waals surface area contributed by atoms with Crippen molar-refractivity contribution in [3.05, 3.63) is 47.3 Å². The number of carbonyl (C=O) groups is 1. The molecule has 0 aliphatic carbocycles. The van der Waals surface area contributed by atoms with E-state index < -0.39 is 10.8 Å². The summed E-state index contributed by atoms with van der Waals surface area (Å²) in [5, 5.41) is 13.3. The van der Waals surface area contributed by atoms with Gasteiger partial charge in [0.1, 0.15) is 11.8 Å². The van der Waals surface area contributed by atoms with E-state index in [0.717, 1.165) is 0 Å². The molecular formula is C13H10N2O2S2. The Kier molecular flexibility index (Phi) is 4.44. The van der Waals surface area contributed by atoms with Crippen molar-refractivity contribution in [2.75, 3.05) is 11.1 Å². The van der Waals surface area contributed by atoms with Gasteiger partial charge in [0.25, 0.3) is 0 Å².